The molecule has 0 aromatic heterocycles. The molecule has 30 heavy (non-hydrogen) atoms. The van der Waals surface area contributed by atoms with Crippen LogP contribution in [0.4, 0.5) is 5.69 Å². The average molecular weight is 474 g/mol. The third kappa shape index (κ3) is 5.46. The van der Waals surface area contributed by atoms with Crippen molar-refractivity contribution >= 4 is 39.3 Å². The van der Waals surface area contributed by atoms with E-state index in [2.05, 4.69) is 26.6 Å². The number of methoxy groups -OCH3 is 1. The molecule has 0 aliphatic carbocycles. The lowest BCUT2D eigenvalue weighted by Crippen LogP contribution is -2.46. The number of hydrogen-bond acceptors (Lipinski definition) is 4. The Hall–Kier alpha value is -2.71. The molecule has 7 nitrogen and oxygen atoms in total. The topological polar surface area (TPSA) is 87.7 Å². The SMILES string of the molecule is COCCNC(=O)C1CCCN1C(=O)c1cccc(NC(=O)c2ccc(Br)cc2)c1. The maximum absolute atomic E-state index is 13.0. The van der Waals surface area contributed by atoms with E-state index in [1.165, 1.54) is 0 Å². The molecule has 3 amide bonds. The van der Waals surface area contributed by atoms with Crippen molar-refractivity contribution < 1.29 is 19.1 Å². The average Bonchev–Trinajstić information content (AvgIpc) is 3.24. The fraction of sp³-hybridized carbons (Fsp3) is 0.318. The number of carbonyl (C=O) groups excluding carboxylic acids is 3. The van der Waals surface area contributed by atoms with E-state index in [4.69, 9.17) is 4.74 Å². The Labute approximate surface area is 183 Å². The maximum atomic E-state index is 13.0. The highest BCUT2D eigenvalue weighted by Gasteiger charge is 2.34. The van der Waals surface area contributed by atoms with Crippen LogP contribution in [0.1, 0.15) is 33.6 Å². The van der Waals surface area contributed by atoms with Crippen molar-refractivity contribution in [2.24, 2.45) is 0 Å². The van der Waals surface area contributed by atoms with Crippen LogP contribution in [0.2, 0.25) is 0 Å². The van der Waals surface area contributed by atoms with E-state index in [9.17, 15) is 14.4 Å². The number of hydrogen-bond donors (Lipinski definition) is 2. The molecule has 158 valence electrons. The summed E-state index contributed by atoms with van der Waals surface area (Å²) in [5.41, 5.74) is 1.47. The Kier molecular flexibility index (Phi) is 7.59. The van der Waals surface area contributed by atoms with Gasteiger partial charge in [-0.05, 0) is 55.3 Å². The second-order valence-electron chi connectivity index (χ2n) is 6.98. The molecule has 8 heteroatoms. The molecule has 0 saturated carbocycles. The van der Waals surface area contributed by atoms with Crippen LogP contribution in [0.15, 0.2) is 53.0 Å². The predicted molar refractivity (Wildman–Crippen MR) is 117 cm³/mol. The molecule has 1 unspecified atom stereocenters. The van der Waals surface area contributed by atoms with E-state index < -0.39 is 6.04 Å². The Morgan fingerprint density at radius 3 is 2.63 bits per heavy atom. The Balaban J connectivity index is 1.68. The largest absolute Gasteiger partial charge is 0.383 e. The third-order valence-electron chi connectivity index (χ3n) is 4.90. The fourth-order valence-electron chi connectivity index (χ4n) is 3.38. The summed E-state index contributed by atoms with van der Waals surface area (Å²) < 4.78 is 5.84. The van der Waals surface area contributed by atoms with Crippen LogP contribution in [-0.4, -0.2) is 55.5 Å². The number of amides is 3. The van der Waals surface area contributed by atoms with Gasteiger partial charge in [0.1, 0.15) is 6.04 Å². The summed E-state index contributed by atoms with van der Waals surface area (Å²) in [6, 6.07) is 13.3. The summed E-state index contributed by atoms with van der Waals surface area (Å²) in [5.74, 6) is -0.652. The van der Waals surface area contributed by atoms with Crippen LogP contribution in [0, 0.1) is 0 Å². The molecule has 0 bridgehead atoms. The monoisotopic (exact) mass is 473 g/mol. The van der Waals surface area contributed by atoms with Crippen molar-refractivity contribution in [3.63, 3.8) is 0 Å². The van der Waals surface area contributed by atoms with Crippen molar-refractivity contribution in [2.45, 2.75) is 18.9 Å². The molecule has 2 aromatic carbocycles. The van der Waals surface area contributed by atoms with Gasteiger partial charge in [0, 0.05) is 41.5 Å². The molecule has 2 aromatic rings. The van der Waals surface area contributed by atoms with Crippen LogP contribution in [0.5, 0.6) is 0 Å². The predicted octanol–water partition coefficient (Wildman–Crippen LogP) is 3.07. The second kappa shape index (κ2) is 10.4. The summed E-state index contributed by atoms with van der Waals surface area (Å²) in [7, 11) is 1.57. The number of ether oxygens (including phenoxy) is 1. The highest BCUT2D eigenvalue weighted by molar-refractivity contribution is 9.10. The number of anilines is 1. The molecular weight excluding hydrogens is 450 g/mol. The summed E-state index contributed by atoms with van der Waals surface area (Å²) in [4.78, 5) is 39.5. The van der Waals surface area contributed by atoms with Crippen LogP contribution in [0.25, 0.3) is 0 Å². The van der Waals surface area contributed by atoms with Crippen LogP contribution >= 0.6 is 15.9 Å². The van der Waals surface area contributed by atoms with Gasteiger partial charge in [0.05, 0.1) is 6.61 Å². The zero-order chi connectivity index (χ0) is 21.5. The van der Waals surface area contributed by atoms with Crippen LogP contribution < -0.4 is 10.6 Å². The standard InChI is InChI=1S/C22H24BrN3O4/c1-30-13-11-24-21(28)19-6-3-12-26(19)22(29)16-4-2-5-18(14-16)25-20(27)15-7-9-17(23)10-8-15/h2,4-5,7-10,14,19H,3,6,11-13H2,1H3,(H,24,28)(H,25,27). The normalized spacial score (nSPS) is 15.7. The molecule has 0 spiro atoms. The molecule has 1 atom stereocenters. The number of nitrogens with zero attached hydrogens (tertiary/aromatic N) is 1. The van der Waals surface area contributed by atoms with E-state index in [1.807, 2.05) is 0 Å². The zero-order valence-electron chi connectivity index (χ0n) is 16.7. The van der Waals surface area contributed by atoms with Crippen molar-refractivity contribution in [1.82, 2.24) is 10.2 Å². The third-order valence-corrected chi connectivity index (χ3v) is 5.42. The first kappa shape index (κ1) is 22.0. The first-order valence-corrected chi connectivity index (χ1v) is 10.5. The quantitative estimate of drug-likeness (QED) is 0.604. The zero-order valence-corrected chi connectivity index (χ0v) is 18.3. The summed E-state index contributed by atoms with van der Waals surface area (Å²) in [5, 5.41) is 5.62. The molecule has 1 aliphatic rings. The molecule has 1 saturated heterocycles. The van der Waals surface area contributed by atoms with Crippen molar-refractivity contribution in [1.29, 1.82) is 0 Å². The summed E-state index contributed by atoms with van der Waals surface area (Å²) >= 11 is 3.34. The van der Waals surface area contributed by atoms with Crippen LogP contribution in [-0.2, 0) is 9.53 Å². The highest BCUT2D eigenvalue weighted by Crippen LogP contribution is 2.22. The molecule has 3 rings (SSSR count). The van der Waals surface area contributed by atoms with E-state index in [0.29, 0.717) is 42.9 Å². The Morgan fingerprint density at radius 1 is 1.13 bits per heavy atom. The molecule has 2 N–H and O–H groups in total. The van der Waals surface area contributed by atoms with E-state index in [-0.39, 0.29) is 17.7 Å². The number of nitrogens with one attached hydrogen (secondary N) is 2. The van der Waals surface area contributed by atoms with E-state index in [1.54, 1.807) is 60.5 Å². The number of likely N-dealkylation sites (tertiary alicyclic amines) is 1. The summed E-state index contributed by atoms with van der Waals surface area (Å²) in [6.45, 7) is 1.36. The highest BCUT2D eigenvalue weighted by atomic mass is 79.9. The van der Waals surface area contributed by atoms with E-state index in [0.717, 1.165) is 10.9 Å². The van der Waals surface area contributed by atoms with Gasteiger partial charge in [-0.15, -0.1) is 0 Å². The number of benzene rings is 2. The van der Waals surface area contributed by atoms with Gasteiger partial charge < -0.3 is 20.3 Å². The minimum atomic E-state index is -0.490. The van der Waals surface area contributed by atoms with Gasteiger partial charge in [0.2, 0.25) is 5.91 Å². The van der Waals surface area contributed by atoms with Gasteiger partial charge in [0.15, 0.2) is 0 Å². The minimum Gasteiger partial charge on any atom is -0.383 e. The van der Waals surface area contributed by atoms with Crippen molar-refractivity contribution in [3.8, 4) is 0 Å². The second-order valence-corrected chi connectivity index (χ2v) is 7.90. The molecule has 1 fully saturated rings. The van der Waals surface area contributed by atoms with Crippen molar-refractivity contribution in [2.75, 3.05) is 32.1 Å². The molecule has 0 radical (unpaired) electrons. The molecular formula is C22H24BrN3O4. The van der Waals surface area contributed by atoms with E-state index >= 15 is 0 Å². The molecule has 1 aliphatic heterocycles. The lowest BCUT2D eigenvalue weighted by atomic mass is 10.1. The maximum Gasteiger partial charge on any atom is 0.255 e. The van der Waals surface area contributed by atoms with Crippen LogP contribution in [0.3, 0.4) is 0 Å². The van der Waals surface area contributed by atoms with Gasteiger partial charge in [-0.2, -0.15) is 0 Å². The Bertz CT molecular complexity index is 917. The van der Waals surface area contributed by atoms with Gasteiger partial charge in [-0.3, -0.25) is 14.4 Å². The number of halogens is 1. The Morgan fingerprint density at radius 2 is 1.90 bits per heavy atom. The van der Waals surface area contributed by atoms with Gasteiger partial charge in [-0.1, -0.05) is 22.0 Å². The smallest absolute Gasteiger partial charge is 0.255 e. The minimum absolute atomic E-state index is 0.169. The first-order chi connectivity index (χ1) is 14.5. The van der Waals surface area contributed by atoms with Gasteiger partial charge in [0.25, 0.3) is 11.8 Å². The lowest BCUT2D eigenvalue weighted by Gasteiger charge is -2.24. The summed E-state index contributed by atoms with van der Waals surface area (Å²) in [6.07, 6.45) is 1.40. The fourth-order valence-corrected chi connectivity index (χ4v) is 3.64. The number of rotatable bonds is 7. The van der Waals surface area contributed by atoms with Crippen molar-refractivity contribution in [3.05, 3.63) is 64.1 Å². The van der Waals surface area contributed by atoms with Gasteiger partial charge in [-0.25, -0.2) is 0 Å². The molecule has 1 heterocycles. The van der Waals surface area contributed by atoms with Gasteiger partial charge >= 0.3 is 0 Å². The first-order valence-electron chi connectivity index (χ1n) is 9.74. The number of carbonyl (C=O) groups is 3. The lowest BCUT2D eigenvalue weighted by molar-refractivity contribution is -0.125.